The zero-order valence-corrected chi connectivity index (χ0v) is 13.0. The zero-order valence-electron chi connectivity index (χ0n) is 11.5. The van der Waals surface area contributed by atoms with Crippen LogP contribution in [0.15, 0.2) is 18.2 Å². The van der Waals surface area contributed by atoms with Crippen molar-refractivity contribution in [1.82, 2.24) is 9.78 Å². The molecule has 6 heteroatoms. The number of aryl methyl sites for hydroxylation is 1. The Bertz CT molecular complexity index is 665. The second-order valence-electron chi connectivity index (χ2n) is 4.60. The van der Waals surface area contributed by atoms with Crippen molar-refractivity contribution in [1.29, 1.82) is 0 Å². The lowest BCUT2D eigenvalue weighted by Gasteiger charge is -2.10. The number of aromatic nitrogens is 2. The summed E-state index contributed by atoms with van der Waals surface area (Å²) in [7, 11) is 0. The maximum absolute atomic E-state index is 12.1. The number of benzene rings is 1. The van der Waals surface area contributed by atoms with Gasteiger partial charge in [0.15, 0.2) is 0 Å². The normalized spacial score (nSPS) is 10.7. The van der Waals surface area contributed by atoms with Crippen molar-refractivity contribution in [2.75, 3.05) is 5.32 Å². The summed E-state index contributed by atoms with van der Waals surface area (Å²) in [6, 6.07) is 5.39. The number of carbonyl (C=O) groups excluding carboxylic acids is 1. The van der Waals surface area contributed by atoms with Crippen LogP contribution in [0.25, 0.3) is 0 Å². The van der Waals surface area contributed by atoms with Gasteiger partial charge in [-0.2, -0.15) is 5.10 Å². The van der Waals surface area contributed by atoms with Crippen LogP contribution in [0.1, 0.15) is 17.0 Å². The standard InChI is InChI=1S/C14H15Cl2N3O/c1-8-11(15)5-4-6-12(8)17-13(20)7-19-10(3)14(16)9(2)18-19/h4-6H,7H2,1-3H3,(H,17,20). The SMILES string of the molecule is Cc1nn(CC(=O)Nc2cccc(Cl)c2C)c(C)c1Cl. The van der Waals surface area contributed by atoms with Gasteiger partial charge in [-0.25, -0.2) is 0 Å². The minimum Gasteiger partial charge on any atom is -0.324 e. The number of nitrogens with one attached hydrogen (secondary N) is 1. The molecule has 2 aromatic rings. The van der Waals surface area contributed by atoms with Crippen LogP contribution in [0.5, 0.6) is 0 Å². The van der Waals surface area contributed by atoms with Crippen LogP contribution in [-0.2, 0) is 11.3 Å². The van der Waals surface area contributed by atoms with Gasteiger partial charge in [0.2, 0.25) is 5.91 Å². The molecule has 1 amide bonds. The van der Waals surface area contributed by atoms with Crippen molar-refractivity contribution in [3.05, 3.63) is 45.2 Å². The van der Waals surface area contributed by atoms with Gasteiger partial charge in [-0.3, -0.25) is 9.48 Å². The number of hydrogen-bond donors (Lipinski definition) is 1. The molecule has 0 fully saturated rings. The molecule has 0 saturated carbocycles. The number of rotatable bonds is 3. The molecule has 2 rings (SSSR count). The molecule has 106 valence electrons. The third-order valence-electron chi connectivity index (χ3n) is 3.13. The topological polar surface area (TPSA) is 46.9 Å². The minimum absolute atomic E-state index is 0.116. The maximum Gasteiger partial charge on any atom is 0.246 e. The number of amides is 1. The van der Waals surface area contributed by atoms with E-state index in [0.29, 0.717) is 15.7 Å². The molecule has 0 aliphatic heterocycles. The quantitative estimate of drug-likeness (QED) is 0.938. The van der Waals surface area contributed by atoms with Crippen molar-refractivity contribution in [3.8, 4) is 0 Å². The fraction of sp³-hybridized carbons (Fsp3) is 0.286. The summed E-state index contributed by atoms with van der Waals surface area (Å²) < 4.78 is 1.59. The summed E-state index contributed by atoms with van der Waals surface area (Å²) in [6.45, 7) is 5.62. The van der Waals surface area contributed by atoms with E-state index in [0.717, 1.165) is 17.0 Å². The highest BCUT2D eigenvalue weighted by Crippen LogP contribution is 2.23. The first kappa shape index (κ1) is 14.9. The first-order valence-electron chi connectivity index (χ1n) is 6.14. The molecule has 0 radical (unpaired) electrons. The van der Waals surface area contributed by atoms with Crippen molar-refractivity contribution in [2.45, 2.75) is 27.3 Å². The Labute approximate surface area is 127 Å². The molecule has 0 unspecified atom stereocenters. The van der Waals surface area contributed by atoms with Crippen molar-refractivity contribution in [2.24, 2.45) is 0 Å². The Kier molecular flexibility index (Phi) is 4.35. The molecular formula is C14H15Cl2N3O. The highest BCUT2D eigenvalue weighted by molar-refractivity contribution is 6.32. The Morgan fingerprint density at radius 3 is 2.60 bits per heavy atom. The molecular weight excluding hydrogens is 297 g/mol. The number of halogens is 2. The van der Waals surface area contributed by atoms with E-state index in [1.54, 1.807) is 16.8 Å². The molecule has 0 bridgehead atoms. The van der Waals surface area contributed by atoms with E-state index >= 15 is 0 Å². The number of nitrogens with zero attached hydrogens (tertiary/aromatic N) is 2. The minimum atomic E-state index is -0.169. The third-order valence-corrected chi connectivity index (χ3v) is 4.08. The van der Waals surface area contributed by atoms with Gasteiger partial charge < -0.3 is 5.32 Å². The first-order valence-corrected chi connectivity index (χ1v) is 6.90. The van der Waals surface area contributed by atoms with Crippen LogP contribution >= 0.6 is 23.2 Å². The summed E-state index contributed by atoms with van der Waals surface area (Å²) >= 11 is 12.1. The van der Waals surface area contributed by atoms with Gasteiger partial charge in [-0.15, -0.1) is 0 Å². The summed E-state index contributed by atoms with van der Waals surface area (Å²) in [5.41, 5.74) is 3.04. The van der Waals surface area contributed by atoms with Gasteiger partial charge in [0.1, 0.15) is 6.54 Å². The first-order chi connectivity index (χ1) is 9.40. The van der Waals surface area contributed by atoms with Crippen LogP contribution in [0, 0.1) is 20.8 Å². The van der Waals surface area contributed by atoms with Gasteiger partial charge in [0.05, 0.1) is 16.4 Å². The summed E-state index contributed by atoms with van der Waals surface area (Å²) in [5.74, 6) is -0.169. The zero-order chi connectivity index (χ0) is 14.9. The molecule has 1 aromatic heterocycles. The molecule has 4 nitrogen and oxygen atoms in total. The average molecular weight is 312 g/mol. The van der Waals surface area contributed by atoms with Crippen LogP contribution in [0.2, 0.25) is 10.0 Å². The number of carbonyl (C=O) groups is 1. The maximum atomic E-state index is 12.1. The Balaban J connectivity index is 2.13. The summed E-state index contributed by atoms with van der Waals surface area (Å²) in [5, 5.41) is 8.27. The fourth-order valence-electron chi connectivity index (χ4n) is 1.90. The second kappa shape index (κ2) is 5.85. The van der Waals surface area contributed by atoms with Crippen LogP contribution in [-0.4, -0.2) is 15.7 Å². The molecule has 20 heavy (non-hydrogen) atoms. The van der Waals surface area contributed by atoms with Crippen molar-refractivity contribution in [3.63, 3.8) is 0 Å². The fourth-order valence-corrected chi connectivity index (χ4v) is 2.21. The van der Waals surface area contributed by atoms with E-state index < -0.39 is 0 Å². The van der Waals surface area contributed by atoms with E-state index in [1.807, 2.05) is 26.8 Å². The van der Waals surface area contributed by atoms with Gasteiger partial charge in [0.25, 0.3) is 0 Å². The van der Waals surface area contributed by atoms with E-state index in [-0.39, 0.29) is 12.5 Å². The predicted molar refractivity (Wildman–Crippen MR) is 81.5 cm³/mol. The summed E-state index contributed by atoms with van der Waals surface area (Å²) in [6.07, 6.45) is 0. The van der Waals surface area contributed by atoms with Crippen LogP contribution in [0.4, 0.5) is 5.69 Å². The third kappa shape index (κ3) is 2.97. The second-order valence-corrected chi connectivity index (χ2v) is 5.39. The number of anilines is 1. The van der Waals surface area contributed by atoms with E-state index in [1.165, 1.54) is 0 Å². The molecule has 0 saturated heterocycles. The predicted octanol–water partition coefficient (Wildman–Crippen LogP) is 3.75. The number of hydrogen-bond acceptors (Lipinski definition) is 2. The average Bonchev–Trinajstić information content (AvgIpc) is 2.63. The lowest BCUT2D eigenvalue weighted by molar-refractivity contribution is -0.116. The molecule has 1 heterocycles. The Hall–Kier alpha value is -1.52. The van der Waals surface area contributed by atoms with Gasteiger partial charge in [-0.1, -0.05) is 29.3 Å². The molecule has 0 atom stereocenters. The highest BCUT2D eigenvalue weighted by atomic mass is 35.5. The highest BCUT2D eigenvalue weighted by Gasteiger charge is 2.13. The smallest absolute Gasteiger partial charge is 0.246 e. The monoisotopic (exact) mass is 311 g/mol. The van der Waals surface area contributed by atoms with Crippen LogP contribution in [0.3, 0.4) is 0 Å². The lowest BCUT2D eigenvalue weighted by atomic mass is 10.2. The Morgan fingerprint density at radius 2 is 2.00 bits per heavy atom. The van der Waals surface area contributed by atoms with Crippen LogP contribution < -0.4 is 5.32 Å². The summed E-state index contributed by atoms with van der Waals surface area (Å²) in [4.78, 5) is 12.1. The largest absolute Gasteiger partial charge is 0.324 e. The van der Waals surface area contributed by atoms with Crippen molar-refractivity contribution >= 4 is 34.8 Å². The molecule has 0 aliphatic carbocycles. The molecule has 1 aromatic carbocycles. The molecule has 0 aliphatic rings. The van der Waals surface area contributed by atoms with E-state index in [4.69, 9.17) is 23.2 Å². The molecule has 1 N–H and O–H groups in total. The lowest BCUT2D eigenvalue weighted by Crippen LogP contribution is -2.20. The van der Waals surface area contributed by atoms with Gasteiger partial charge in [-0.05, 0) is 38.5 Å². The Morgan fingerprint density at radius 1 is 1.30 bits per heavy atom. The van der Waals surface area contributed by atoms with E-state index in [2.05, 4.69) is 10.4 Å². The van der Waals surface area contributed by atoms with E-state index in [9.17, 15) is 4.79 Å². The van der Waals surface area contributed by atoms with Gasteiger partial charge >= 0.3 is 0 Å². The van der Waals surface area contributed by atoms with Gasteiger partial charge in [0, 0.05) is 10.7 Å². The van der Waals surface area contributed by atoms with Crippen molar-refractivity contribution < 1.29 is 4.79 Å². The molecule has 0 spiro atoms.